The normalized spacial score (nSPS) is 23.2. The van der Waals surface area contributed by atoms with Gasteiger partial charge in [-0.25, -0.2) is 8.42 Å². The summed E-state index contributed by atoms with van der Waals surface area (Å²) in [6, 6.07) is 4.21. The van der Waals surface area contributed by atoms with Gasteiger partial charge >= 0.3 is 0 Å². The minimum Gasteiger partial charge on any atom is -0.459 e. The van der Waals surface area contributed by atoms with Gasteiger partial charge in [0.2, 0.25) is 0 Å². The first-order valence-electron chi connectivity index (χ1n) is 10.8. The summed E-state index contributed by atoms with van der Waals surface area (Å²) in [7, 11) is -2.85. The molecule has 1 spiro atoms. The van der Waals surface area contributed by atoms with Gasteiger partial charge in [0.1, 0.15) is 21.2 Å². The van der Waals surface area contributed by atoms with Crippen molar-refractivity contribution in [3.8, 4) is 0 Å². The maximum absolute atomic E-state index is 11.6. The van der Waals surface area contributed by atoms with Crippen molar-refractivity contribution >= 4 is 38.1 Å². The first kappa shape index (κ1) is 20.2. The van der Waals surface area contributed by atoms with Crippen molar-refractivity contribution in [2.75, 3.05) is 16.8 Å². The zero-order chi connectivity index (χ0) is 20.9. The predicted molar refractivity (Wildman–Crippen MR) is 120 cm³/mol. The fourth-order valence-electron chi connectivity index (χ4n) is 5.27. The van der Waals surface area contributed by atoms with Crippen LogP contribution < -0.4 is 16.0 Å². The quantitative estimate of drug-likeness (QED) is 0.644. The molecule has 1 saturated carbocycles. The zero-order valence-electron chi connectivity index (χ0n) is 17.0. The van der Waals surface area contributed by atoms with Gasteiger partial charge in [-0.3, -0.25) is 0 Å². The lowest BCUT2D eigenvalue weighted by Crippen LogP contribution is -2.48. The van der Waals surface area contributed by atoms with E-state index < -0.39 is 9.84 Å². The lowest BCUT2D eigenvalue weighted by molar-refractivity contribution is 0.250. The van der Waals surface area contributed by atoms with E-state index in [0.29, 0.717) is 24.4 Å². The molecule has 0 radical (unpaired) electrons. The van der Waals surface area contributed by atoms with Crippen LogP contribution in [0.5, 0.6) is 0 Å². The smallest absolute Gasteiger partial charge is 0.150 e. The predicted octanol–water partition coefficient (Wildman–Crippen LogP) is 4.40. The molecule has 2 fully saturated rings. The summed E-state index contributed by atoms with van der Waals surface area (Å²) >= 11 is 6.68. The Morgan fingerprint density at radius 1 is 1.20 bits per heavy atom. The Morgan fingerprint density at radius 3 is 2.67 bits per heavy atom. The van der Waals surface area contributed by atoms with Gasteiger partial charge in [-0.2, -0.15) is 0 Å². The molecular formula is C22H28ClN3O3S. The van der Waals surface area contributed by atoms with Crippen LogP contribution in [0, 0.1) is 0 Å². The molecule has 0 atom stereocenters. The highest BCUT2D eigenvalue weighted by atomic mass is 35.5. The number of sulfone groups is 1. The molecule has 0 unspecified atom stereocenters. The first-order valence-corrected chi connectivity index (χ1v) is 13.0. The van der Waals surface area contributed by atoms with E-state index in [4.69, 9.17) is 16.0 Å². The van der Waals surface area contributed by atoms with Crippen LogP contribution in [-0.4, -0.2) is 26.0 Å². The summed E-state index contributed by atoms with van der Waals surface area (Å²) in [5.74, 6) is 2.15. The molecule has 1 aromatic carbocycles. The van der Waals surface area contributed by atoms with Crippen LogP contribution in [0.3, 0.4) is 0 Å². The van der Waals surface area contributed by atoms with Gasteiger partial charge in [0.15, 0.2) is 0 Å². The number of furan rings is 1. The van der Waals surface area contributed by atoms with E-state index in [1.165, 1.54) is 6.42 Å². The van der Waals surface area contributed by atoms with Crippen molar-refractivity contribution in [2.24, 2.45) is 0 Å². The first-order chi connectivity index (χ1) is 14.4. The van der Waals surface area contributed by atoms with Crippen LogP contribution in [0.1, 0.15) is 56.3 Å². The SMILES string of the molecule is C=C1Nc2c(Cl)cc3cc(CNC4CCS(=O)(=O)CC4)oc3c2C2(CCCCC2)N1. The number of nitrogens with one attached hydrogen (secondary N) is 3. The van der Waals surface area contributed by atoms with Gasteiger partial charge in [0, 0.05) is 17.0 Å². The van der Waals surface area contributed by atoms with Gasteiger partial charge in [-0.1, -0.05) is 37.4 Å². The highest BCUT2D eigenvalue weighted by molar-refractivity contribution is 7.91. The second-order valence-electron chi connectivity index (χ2n) is 8.92. The molecular weight excluding hydrogens is 422 g/mol. The monoisotopic (exact) mass is 449 g/mol. The third-order valence-electron chi connectivity index (χ3n) is 6.78. The van der Waals surface area contributed by atoms with Gasteiger partial charge in [0.25, 0.3) is 0 Å². The average Bonchev–Trinajstić information content (AvgIpc) is 3.10. The Bertz CT molecular complexity index is 1090. The molecule has 162 valence electrons. The topological polar surface area (TPSA) is 83.4 Å². The third kappa shape index (κ3) is 3.61. The van der Waals surface area contributed by atoms with Crippen LogP contribution in [0.2, 0.25) is 5.02 Å². The number of rotatable bonds is 3. The fraction of sp³-hybridized carbons (Fsp3) is 0.545. The van der Waals surface area contributed by atoms with E-state index in [-0.39, 0.29) is 23.1 Å². The maximum Gasteiger partial charge on any atom is 0.150 e. The Morgan fingerprint density at radius 2 is 1.93 bits per heavy atom. The second-order valence-corrected chi connectivity index (χ2v) is 11.6. The molecule has 3 aliphatic rings. The Balaban J connectivity index is 1.46. The van der Waals surface area contributed by atoms with Crippen LogP contribution in [0.15, 0.2) is 28.9 Å². The minimum absolute atomic E-state index is 0.195. The standard InChI is InChI=1S/C22H28ClN3O3S/c1-14-25-20-18(23)12-15-11-17(13-24-16-5-9-30(27,28)10-6-16)29-21(15)19(20)22(26-14)7-3-2-4-8-22/h11-12,16,24-26H,1-10,13H2. The van der Waals surface area contributed by atoms with Gasteiger partial charge in [-0.05, 0) is 37.8 Å². The summed E-state index contributed by atoms with van der Waals surface area (Å²) in [6.45, 7) is 4.69. The van der Waals surface area contributed by atoms with Crippen LogP contribution >= 0.6 is 11.6 Å². The Kier molecular flexibility index (Phi) is 5.03. The molecule has 2 aliphatic heterocycles. The molecule has 1 aromatic heterocycles. The maximum atomic E-state index is 11.6. The van der Waals surface area contributed by atoms with Crippen LogP contribution in [-0.2, 0) is 21.9 Å². The molecule has 0 amide bonds. The number of anilines is 1. The van der Waals surface area contributed by atoms with E-state index in [1.54, 1.807) is 0 Å². The molecule has 5 rings (SSSR count). The van der Waals surface area contributed by atoms with Crippen LogP contribution in [0.25, 0.3) is 11.0 Å². The van der Waals surface area contributed by atoms with Gasteiger partial charge in [-0.15, -0.1) is 0 Å². The summed E-state index contributed by atoms with van der Waals surface area (Å²) in [4.78, 5) is 0. The van der Waals surface area contributed by atoms with Crippen molar-refractivity contribution < 1.29 is 12.8 Å². The van der Waals surface area contributed by atoms with Crippen molar-refractivity contribution in [2.45, 2.75) is 63.1 Å². The molecule has 2 aromatic rings. The van der Waals surface area contributed by atoms with Gasteiger partial charge < -0.3 is 20.4 Å². The fourth-order valence-corrected chi connectivity index (χ4v) is 7.02. The third-order valence-corrected chi connectivity index (χ3v) is 8.79. The number of hydrogen-bond donors (Lipinski definition) is 3. The number of halogens is 1. The zero-order valence-corrected chi connectivity index (χ0v) is 18.6. The Labute approximate surface area is 182 Å². The van der Waals surface area contributed by atoms with E-state index in [2.05, 4.69) is 22.5 Å². The lowest BCUT2D eigenvalue weighted by Gasteiger charge is -2.44. The molecule has 8 heteroatoms. The molecule has 30 heavy (non-hydrogen) atoms. The second kappa shape index (κ2) is 7.46. The van der Waals surface area contributed by atoms with E-state index in [1.807, 2.05) is 12.1 Å². The van der Waals surface area contributed by atoms with E-state index in [9.17, 15) is 8.42 Å². The van der Waals surface area contributed by atoms with Crippen molar-refractivity contribution in [1.82, 2.24) is 10.6 Å². The van der Waals surface area contributed by atoms with Crippen molar-refractivity contribution in [1.29, 1.82) is 0 Å². The highest BCUT2D eigenvalue weighted by Gasteiger charge is 2.42. The van der Waals surface area contributed by atoms with Crippen molar-refractivity contribution in [3.05, 3.63) is 40.9 Å². The number of benzene rings is 1. The molecule has 3 heterocycles. The molecule has 1 aliphatic carbocycles. The van der Waals surface area contributed by atoms with E-state index in [0.717, 1.165) is 59.5 Å². The highest BCUT2D eigenvalue weighted by Crippen LogP contribution is 2.49. The van der Waals surface area contributed by atoms with Gasteiger partial charge in [0.05, 0.1) is 40.1 Å². The van der Waals surface area contributed by atoms with Crippen LogP contribution in [0.4, 0.5) is 5.69 Å². The Hall–Kier alpha value is -1.70. The molecule has 6 nitrogen and oxygen atoms in total. The summed E-state index contributed by atoms with van der Waals surface area (Å²) in [5.41, 5.74) is 2.71. The number of hydrogen-bond acceptors (Lipinski definition) is 6. The lowest BCUT2D eigenvalue weighted by atomic mass is 9.74. The number of fused-ring (bicyclic) bond motifs is 4. The minimum atomic E-state index is -2.85. The van der Waals surface area contributed by atoms with E-state index >= 15 is 0 Å². The summed E-state index contributed by atoms with van der Waals surface area (Å²) in [5, 5.41) is 12.1. The molecule has 1 saturated heterocycles. The summed E-state index contributed by atoms with van der Waals surface area (Å²) < 4.78 is 29.7. The van der Waals surface area contributed by atoms with Crippen molar-refractivity contribution in [3.63, 3.8) is 0 Å². The molecule has 0 bridgehead atoms. The molecule has 3 N–H and O–H groups in total. The summed E-state index contributed by atoms with van der Waals surface area (Å²) in [6.07, 6.45) is 6.93. The largest absolute Gasteiger partial charge is 0.459 e. The average molecular weight is 450 g/mol.